The number of nitrogens with zero attached hydrogens (tertiary/aromatic N) is 5. The van der Waals surface area contributed by atoms with Gasteiger partial charge in [0.15, 0.2) is 5.82 Å². The zero-order chi connectivity index (χ0) is 22.8. The lowest BCUT2D eigenvalue weighted by atomic mass is 9.93. The van der Waals surface area contributed by atoms with Gasteiger partial charge in [-0.15, -0.1) is 0 Å². The first-order valence-corrected chi connectivity index (χ1v) is 11.8. The van der Waals surface area contributed by atoms with Gasteiger partial charge in [0, 0.05) is 32.8 Å². The molecule has 0 saturated carbocycles. The fourth-order valence-electron chi connectivity index (χ4n) is 3.41. The van der Waals surface area contributed by atoms with Gasteiger partial charge in [0.25, 0.3) is 0 Å². The van der Waals surface area contributed by atoms with Crippen molar-refractivity contribution >= 4 is 38.7 Å². The molecular formula is C19H30N8O3S. The molecule has 2 aromatic heterocycles. The maximum Gasteiger partial charge on any atom is 0.244 e. The van der Waals surface area contributed by atoms with Crippen molar-refractivity contribution in [2.45, 2.75) is 56.9 Å². The monoisotopic (exact) mass is 450 g/mol. The molecule has 11 nitrogen and oxygen atoms in total. The van der Waals surface area contributed by atoms with Crippen LogP contribution in [0.3, 0.4) is 0 Å². The molecule has 2 aromatic rings. The average Bonchev–Trinajstić information content (AvgIpc) is 2.67. The maximum absolute atomic E-state index is 12.7. The van der Waals surface area contributed by atoms with Crippen LogP contribution in [0.25, 0.3) is 11.0 Å². The molecule has 12 heteroatoms. The van der Waals surface area contributed by atoms with Gasteiger partial charge >= 0.3 is 0 Å². The van der Waals surface area contributed by atoms with Crippen LogP contribution in [0.5, 0.6) is 0 Å². The van der Waals surface area contributed by atoms with E-state index in [4.69, 9.17) is 11.6 Å². The highest BCUT2D eigenvalue weighted by Crippen LogP contribution is 2.31. The number of hydrogen-bond acceptors (Lipinski definition) is 9. The number of rotatable bonds is 9. The number of anilines is 2. The van der Waals surface area contributed by atoms with Gasteiger partial charge in [-0.25, -0.2) is 24.2 Å². The van der Waals surface area contributed by atoms with Crippen LogP contribution in [-0.2, 0) is 14.8 Å². The second-order valence-corrected chi connectivity index (χ2v) is 10.0. The van der Waals surface area contributed by atoms with E-state index < -0.39 is 15.6 Å². The Morgan fingerprint density at radius 1 is 1.35 bits per heavy atom. The minimum Gasteiger partial charge on any atom is -0.368 e. The molecule has 0 bridgehead atoms. The van der Waals surface area contributed by atoms with Crippen LogP contribution in [0.2, 0.25) is 0 Å². The summed E-state index contributed by atoms with van der Waals surface area (Å²) in [5, 5.41) is 4.28. The van der Waals surface area contributed by atoms with Crippen LogP contribution in [0.4, 0.5) is 11.8 Å². The Morgan fingerprint density at radius 3 is 2.65 bits per heavy atom. The van der Waals surface area contributed by atoms with Gasteiger partial charge in [-0.05, 0) is 25.8 Å². The largest absolute Gasteiger partial charge is 0.368 e. The third-order valence-electron chi connectivity index (χ3n) is 5.56. The molecule has 0 unspecified atom stereocenters. The van der Waals surface area contributed by atoms with Gasteiger partial charge in [-0.2, -0.15) is 9.29 Å². The van der Waals surface area contributed by atoms with E-state index in [1.807, 2.05) is 6.92 Å². The lowest BCUT2D eigenvalue weighted by Crippen LogP contribution is -2.57. The van der Waals surface area contributed by atoms with Crippen LogP contribution in [0.1, 0.15) is 46.5 Å². The number of hydrazine groups is 1. The Balaban J connectivity index is 2.04. The highest BCUT2D eigenvalue weighted by atomic mass is 32.2. The Morgan fingerprint density at radius 2 is 2.06 bits per heavy atom. The van der Waals surface area contributed by atoms with Crippen molar-refractivity contribution in [3.8, 4) is 0 Å². The molecule has 31 heavy (non-hydrogen) atoms. The number of nitrogens with one attached hydrogen (secondary N) is 1. The molecule has 5 N–H and O–H groups in total. The van der Waals surface area contributed by atoms with Gasteiger partial charge < -0.3 is 11.1 Å². The summed E-state index contributed by atoms with van der Waals surface area (Å²) < 4.78 is 26.8. The van der Waals surface area contributed by atoms with E-state index in [9.17, 15) is 13.2 Å². The molecule has 1 amide bonds. The summed E-state index contributed by atoms with van der Waals surface area (Å²) >= 11 is 0. The predicted octanol–water partition coefficient (Wildman–Crippen LogP) is 0.767. The standard InChI is InChI=1S/C19H30N8O3S/c1-4-5-7-19(3,12-23-13(2)28)27(21)17-16-15(24-18(20)25-17)10-14(11-22-16)31(29,30)26-8-6-9-26/h10-11H,4-9,12,21H2,1-3H3,(H,23,28)(H2,20,24,25)/t19-/m1/s1. The highest BCUT2D eigenvalue weighted by molar-refractivity contribution is 7.89. The first kappa shape index (κ1) is 23.1. The van der Waals surface area contributed by atoms with Crippen LogP contribution >= 0.6 is 0 Å². The van der Waals surface area contributed by atoms with E-state index in [1.54, 1.807) is 0 Å². The third kappa shape index (κ3) is 4.70. The Kier molecular flexibility index (Phi) is 6.62. The summed E-state index contributed by atoms with van der Waals surface area (Å²) in [5.74, 6) is 6.57. The van der Waals surface area contributed by atoms with E-state index in [2.05, 4.69) is 27.2 Å². The molecule has 1 saturated heterocycles. The topological polar surface area (TPSA) is 160 Å². The van der Waals surface area contributed by atoms with Gasteiger partial charge in [0.05, 0.1) is 11.1 Å². The second kappa shape index (κ2) is 8.89. The van der Waals surface area contributed by atoms with Crippen molar-refractivity contribution in [3.63, 3.8) is 0 Å². The number of hydrogen-bond donors (Lipinski definition) is 3. The lowest BCUT2D eigenvalue weighted by Gasteiger charge is -2.39. The minimum absolute atomic E-state index is 0.0457. The van der Waals surface area contributed by atoms with Gasteiger partial charge in [-0.3, -0.25) is 9.80 Å². The van der Waals surface area contributed by atoms with Gasteiger partial charge in [0.1, 0.15) is 10.4 Å². The Labute approximate surface area is 182 Å². The molecule has 3 heterocycles. The van der Waals surface area contributed by atoms with Crippen molar-refractivity contribution in [3.05, 3.63) is 12.3 Å². The smallest absolute Gasteiger partial charge is 0.244 e. The van der Waals surface area contributed by atoms with E-state index in [0.717, 1.165) is 19.3 Å². The number of carbonyl (C=O) groups is 1. The van der Waals surface area contributed by atoms with E-state index in [-0.39, 0.29) is 28.1 Å². The number of amides is 1. The molecule has 1 atom stereocenters. The number of aromatic nitrogens is 3. The lowest BCUT2D eigenvalue weighted by molar-refractivity contribution is -0.119. The number of sulfonamides is 1. The molecular weight excluding hydrogens is 420 g/mol. The van der Waals surface area contributed by atoms with E-state index in [1.165, 1.54) is 28.5 Å². The molecule has 0 spiro atoms. The molecule has 0 aliphatic carbocycles. The highest BCUT2D eigenvalue weighted by Gasteiger charge is 2.34. The van der Waals surface area contributed by atoms with E-state index in [0.29, 0.717) is 31.6 Å². The van der Waals surface area contributed by atoms with Crippen LogP contribution in [0, 0.1) is 0 Å². The van der Waals surface area contributed by atoms with Crippen molar-refractivity contribution in [2.24, 2.45) is 5.84 Å². The second-order valence-electron chi connectivity index (χ2n) is 8.08. The molecule has 170 valence electrons. The van der Waals surface area contributed by atoms with Gasteiger partial charge in [0.2, 0.25) is 21.9 Å². The first-order valence-electron chi connectivity index (χ1n) is 10.3. The summed E-state index contributed by atoms with van der Waals surface area (Å²) in [5.41, 5.74) is 5.88. The zero-order valence-electron chi connectivity index (χ0n) is 18.1. The summed E-state index contributed by atoms with van der Waals surface area (Å²) in [4.78, 5) is 24.4. The molecule has 3 rings (SSSR count). The van der Waals surface area contributed by atoms with Crippen LogP contribution in [0.15, 0.2) is 17.2 Å². The zero-order valence-corrected chi connectivity index (χ0v) is 18.9. The number of pyridine rings is 1. The Hall–Kier alpha value is -2.57. The molecule has 0 radical (unpaired) electrons. The summed E-state index contributed by atoms with van der Waals surface area (Å²) in [6.45, 7) is 6.72. The molecule has 0 aromatic carbocycles. The van der Waals surface area contributed by atoms with Crippen molar-refractivity contribution in [1.29, 1.82) is 0 Å². The summed E-state index contributed by atoms with van der Waals surface area (Å²) in [7, 11) is -3.62. The third-order valence-corrected chi connectivity index (χ3v) is 7.42. The fraction of sp³-hybridized carbons (Fsp3) is 0.579. The number of nitrogens with two attached hydrogens (primary N) is 2. The summed E-state index contributed by atoms with van der Waals surface area (Å²) in [6.07, 6.45) is 4.66. The van der Waals surface area contributed by atoms with Crippen LogP contribution < -0.4 is 21.9 Å². The number of carbonyl (C=O) groups excluding carboxylic acids is 1. The predicted molar refractivity (Wildman–Crippen MR) is 118 cm³/mol. The molecule has 1 fully saturated rings. The number of fused-ring (bicyclic) bond motifs is 1. The van der Waals surface area contributed by atoms with E-state index >= 15 is 0 Å². The first-order chi connectivity index (χ1) is 14.6. The normalized spacial score (nSPS) is 16.5. The molecule has 1 aliphatic heterocycles. The quantitative estimate of drug-likeness (QED) is 0.370. The summed E-state index contributed by atoms with van der Waals surface area (Å²) in [6, 6.07) is 1.45. The molecule has 1 aliphatic rings. The van der Waals surface area contributed by atoms with Crippen LogP contribution in [-0.4, -0.2) is 58.8 Å². The fourth-order valence-corrected chi connectivity index (χ4v) is 4.89. The average molecular weight is 451 g/mol. The van der Waals surface area contributed by atoms with Gasteiger partial charge in [-0.1, -0.05) is 19.8 Å². The maximum atomic E-state index is 12.7. The SMILES string of the molecule is CCCC[C@](C)(CNC(C)=O)N(N)c1nc(N)nc2cc(S(=O)(=O)N3CCC3)cnc12. The van der Waals surface area contributed by atoms with Crippen molar-refractivity contribution < 1.29 is 13.2 Å². The van der Waals surface area contributed by atoms with Crippen molar-refractivity contribution in [1.82, 2.24) is 24.6 Å². The number of nitrogen functional groups attached to an aromatic ring is 1. The Bertz CT molecular complexity index is 1070. The number of unbranched alkanes of at least 4 members (excludes halogenated alkanes) is 1. The minimum atomic E-state index is -3.62. The van der Waals surface area contributed by atoms with Crippen molar-refractivity contribution in [2.75, 3.05) is 30.4 Å².